The van der Waals surface area contributed by atoms with E-state index in [1.165, 1.54) is 11.3 Å². The van der Waals surface area contributed by atoms with Crippen LogP contribution < -0.4 is 10.1 Å². The van der Waals surface area contributed by atoms with Gasteiger partial charge in [-0.2, -0.15) is 16.8 Å². The molecule has 0 spiro atoms. The van der Waals surface area contributed by atoms with Gasteiger partial charge in [-0.3, -0.25) is 9.11 Å². The molecule has 1 aliphatic carbocycles. The average molecular weight is 493 g/mol. The molecule has 2 aromatic carbocycles. The number of benzene rings is 3. The molecule has 0 atom stereocenters. The number of rotatable bonds is 5. The smallest absolute Gasteiger partial charge is 0.296 e. The van der Waals surface area contributed by atoms with Gasteiger partial charge < -0.3 is 4.74 Å². The summed E-state index contributed by atoms with van der Waals surface area (Å²) in [5.74, 6) is 0.286. The number of aromatic nitrogens is 1. The van der Waals surface area contributed by atoms with E-state index in [-0.39, 0.29) is 23.4 Å². The van der Waals surface area contributed by atoms with Crippen molar-refractivity contribution in [3.63, 3.8) is 0 Å². The normalized spacial score (nSPS) is 13.0. The van der Waals surface area contributed by atoms with Crippen LogP contribution in [0.2, 0.25) is 0 Å². The van der Waals surface area contributed by atoms with E-state index in [0.29, 0.717) is 5.69 Å². The van der Waals surface area contributed by atoms with E-state index in [1.54, 1.807) is 19.1 Å². The largest absolute Gasteiger partial charge is 0.492 e. The van der Waals surface area contributed by atoms with Gasteiger partial charge in [0, 0.05) is 6.07 Å². The lowest BCUT2D eigenvalue weighted by molar-refractivity contribution is 0.336. The highest BCUT2D eigenvalue weighted by molar-refractivity contribution is 7.86. The highest BCUT2D eigenvalue weighted by atomic mass is 32.2. The van der Waals surface area contributed by atoms with E-state index in [2.05, 4.69) is 9.98 Å². The first-order chi connectivity index (χ1) is 15.1. The Morgan fingerprint density at radius 3 is 2.44 bits per heavy atom. The lowest BCUT2D eigenvalue weighted by Crippen LogP contribution is -2.11. The van der Waals surface area contributed by atoms with Crippen LogP contribution in [0.3, 0.4) is 0 Å². The van der Waals surface area contributed by atoms with Crippen molar-refractivity contribution < 1.29 is 30.7 Å². The Labute approximate surface area is 187 Å². The minimum Gasteiger partial charge on any atom is -0.492 e. The van der Waals surface area contributed by atoms with Gasteiger partial charge in [0.1, 0.15) is 16.0 Å². The molecule has 0 unspecified atom stereocenters. The van der Waals surface area contributed by atoms with Crippen LogP contribution in [0.5, 0.6) is 5.75 Å². The van der Waals surface area contributed by atoms with Crippen LogP contribution in [0.15, 0.2) is 69.4 Å². The number of nitrogens with zero attached hydrogens (tertiary/aromatic N) is 2. The molecule has 0 fully saturated rings. The summed E-state index contributed by atoms with van der Waals surface area (Å²) in [6.07, 6.45) is 0. The van der Waals surface area contributed by atoms with Gasteiger partial charge in [0.2, 0.25) is 0 Å². The fourth-order valence-electron chi connectivity index (χ4n) is 3.04. The highest BCUT2D eigenvalue weighted by Gasteiger charge is 2.20. The molecule has 0 saturated heterocycles. The summed E-state index contributed by atoms with van der Waals surface area (Å²) in [6, 6.07) is 13.4. The van der Waals surface area contributed by atoms with Gasteiger partial charge in [-0.25, -0.2) is 9.98 Å². The first-order valence-electron chi connectivity index (χ1n) is 9.16. The second-order valence-corrected chi connectivity index (χ2v) is 10.5. The molecule has 1 aliphatic heterocycles. The van der Waals surface area contributed by atoms with Crippen LogP contribution in [0.4, 0.5) is 5.69 Å². The van der Waals surface area contributed by atoms with E-state index in [1.807, 2.05) is 24.3 Å². The van der Waals surface area contributed by atoms with Gasteiger partial charge in [-0.15, -0.1) is 11.3 Å². The molecule has 0 bridgehead atoms. The Hall–Kier alpha value is -2.90. The van der Waals surface area contributed by atoms with Gasteiger partial charge in [0.15, 0.2) is 0 Å². The van der Waals surface area contributed by atoms with Crippen molar-refractivity contribution >= 4 is 47.5 Å². The Balaban J connectivity index is 2.05. The molecule has 12 heteroatoms. The van der Waals surface area contributed by atoms with Crippen molar-refractivity contribution in [1.29, 1.82) is 0 Å². The molecule has 4 rings (SSSR count). The summed E-state index contributed by atoms with van der Waals surface area (Å²) in [7, 11) is -9.37. The van der Waals surface area contributed by atoms with Crippen molar-refractivity contribution in [2.45, 2.75) is 16.7 Å². The molecular formula is C20H16N2O7S3. The Morgan fingerprint density at radius 1 is 1.00 bits per heavy atom. The minimum atomic E-state index is -4.73. The first kappa shape index (κ1) is 22.3. The van der Waals surface area contributed by atoms with Crippen molar-refractivity contribution in [3.8, 4) is 16.3 Å². The third-order valence-electron chi connectivity index (χ3n) is 4.41. The summed E-state index contributed by atoms with van der Waals surface area (Å²) >= 11 is 1.44. The van der Waals surface area contributed by atoms with Crippen LogP contribution in [-0.2, 0) is 20.2 Å². The molecular weight excluding hydrogens is 476 g/mol. The zero-order chi connectivity index (χ0) is 23.1. The van der Waals surface area contributed by atoms with Crippen molar-refractivity contribution in [2.75, 3.05) is 6.61 Å². The Bertz CT molecular complexity index is 1590. The summed E-state index contributed by atoms with van der Waals surface area (Å²) in [5.41, 5.74) is 1.06. The van der Waals surface area contributed by atoms with Crippen LogP contribution in [0.25, 0.3) is 20.8 Å². The first-order valence-corrected chi connectivity index (χ1v) is 12.9. The van der Waals surface area contributed by atoms with Gasteiger partial charge in [0.25, 0.3) is 20.2 Å². The fourth-order valence-corrected chi connectivity index (χ4v) is 5.13. The van der Waals surface area contributed by atoms with Crippen LogP contribution >= 0.6 is 11.3 Å². The lowest BCUT2D eigenvalue weighted by Gasteiger charge is -2.11. The summed E-state index contributed by atoms with van der Waals surface area (Å²) in [4.78, 5) is 8.42. The van der Waals surface area contributed by atoms with Gasteiger partial charge in [-0.05, 0) is 43.3 Å². The predicted molar refractivity (Wildman–Crippen MR) is 119 cm³/mol. The topological polar surface area (TPSA) is 143 Å². The number of hydrogen-bond donors (Lipinski definition) is 2. The number of hydrogen-bond acceptors (Lipinski definition) is 8. The maximum atomic E-state index is 11.8. The summed E-state index contributed by atoms with van der Waals surface area (Å²) < 4.78 is 72.2. The van der Waals surface area contributed by atoms with Crippen LogP contribution in [0, 0.1) is 0 Å². The molecule has 0 amide bonds. The van der Waals surface area contributed by atoms with Gasteiger partial charge >= 0.3 is 0 Å². The molecule has 9 nitrogen and oxygen atoms in total. The number of para-hydroxylation sites is 1. The number of ether oxygens (including phenoxy) is 1. The SMILES string of the molecule is CCOc1cc2nc3ccccc3sc-2cc1=Nc1cc(S(=O)(=O)O)ccc1S(=O)(=O)O. The quantitative estimate of drug-likeness (QED) is 0.318. The predicted octanol–water partition coefficient (Wildman–Crippen LogP) is 3.53. The summed E-state index contributed by atoms with van der Waals surface area (Å²) in [5, 5.41) is 0.199. The van der Waals surface area contributed by atoms with Crippen molar-refractivity contribution in [1.82, 2.24) is 4.98 Å². The maximum absolute atomic E-state index is 11.8. The molecule has 2 aromatic rings. The zero-order valence-corrected chi connectivity index (χ0v) is 18.9. The van der Waals surface area contributed by atoms with Crippen LogP contribution in [-0.4, -0.2) is 37.5 Å². The molecule has 32 heavy (non-hydrogen) atoms. The maximum Gasteiger partial charge on any atom is 0.296 e. The van der Waals surface area contributed by atoms with E-state index in [9.17, 15) is 25.9 Å². The highest BCUT2D eigenvalue weighted by Crippen LogP contribution is 2.32. The Morgan fingerprint density at radius 2 is 1.75 bits per heavy atom. The third-order valence-corrected chi connectivity index (χ3v) is 7.28. The molecule has 2 aliphatic rings. The monoisotopic (exact) mass is 492 g/mol. The summed E-state index contributed by atoms with van der Waals surface area (Å²) in [6.45, 7) is 2.04. The molecule has 0 aromatic heterocycles. The van der Waals surface area contributed by atoms with Crippen molar-refractivity contribution in [3.05, 3.63) is 60.0 Å². The van der Waals surface area contributed by atoms with Crippen LogP contribution in [0.1, 0.15) is 6.92 Å². The van der Waals surface area contributed by atoms with E-state index in [4.69, 9.17) is 4.74 Å². The minimum absolute atomic E-state index is 0.199. The van der Waals surface area contributed by atoms with E-state index >= 15 is 0 Å². The van der Waals surface area contributed by atoms with E-state index < -0.39 is 30.0 Å². The zero-order valence-electron chi connectivity index (χ0n) is 16.5. The second-order valence-electron chi connectivity index (χ2n) is 6.59. The van der Waals surface area contributed by atoms with Crippen molar-refractivity contribution in [2.24, 2.45) is 4.99 Å². The Kier molecular flexibility index (Phi) is 5.73. The average Bonchev–Trinajstić information content (AvgIpc) is 2.71. The fraction of sp³-hybridized carbons (Fsp3) is 0.100. The van der Waals surface area contributed by atoms with Gasteiger partial charge in [0.05, 0.1) is 38.0 Å². The molecule has 1 heterocycles. The molecule has 0 radical (unpaired) electrons. The standard InChI is InChI=1S/C20H16N2O7S3/c1-2-29-17-10-15-19(30-18-6-4-3-5-13(18)21-15)11-14(17)22-16-9-12(31(23,24)25)7-8-20(16)32(26,27)28/h3-11H,2H2,1H3,(H,23,24,25)(H,26,27,28). The molecule has 166 valence electrons. The molecule has 0 saturated carbocycles. The number of fused-ring (bicyclic) bond motifs is 2. The third kappa shape index (κ3) is 4.49. The van der Waals surface area contributed by atoms with E-state index in [0.717, 1.165) is 33.3 Å². The molecule has 2 N–H and O–H groups in total. The lowest BCUT2D eigenvalue weighted by atomic mass is 10.2. The second kappa shape index (κ2) is 8.22. The van der Waals surface area contributed by atoms with Gasteiger partial charge in [-0.1, -0.05) is 12.1 Å².